The first-order valence-corrected chi connectivity index (χ1v) is 5.01. The van der Waals surface area contributed by atoms with Gasteiger partial charge in [0.25, 0.3) is 0 Å². The van der Waals surface area contributed by atoms with Crippen LogP contribution >= 0.6 is 0 Å². The second-order valence-corrected chi connectivity index (χ2v) is 3.73. The normalized spacial score (nSPS) is 10.1. The van der Waals surface area contributed by atoms with Crippen molar-refractivity contribution >= 4 is 17.7 Å². The lowest BCUT2D eigenvalue weighted by Gasteiger charge is -2.14. The molecule has 0 aromatic heterocycles. The van der Waals surface area contributed by atoms with E-state index >= 15 is 0 Å². The average molecular weight is 274 g/mol. The van der Waals surface area contributed by atoms with Crippen LogP contribution in [0, 0.1) is 17.0 Å². The second kappa shape index (κ2) is 6.58. The van der Waals surface area contributed by atoms with E-state index in [2.05, 4.69) is 0 Å². The van der Waals surface area contributed by atoms with Crippen LogP contribution in [-0.2, 0) is 14.4 Å². The number of ketones is 1. The highest BCUT2D eigenvalue weighted by Gasteiger charge is 2.46. The van der Waals surface area contributed by atoms with E-state index in [9.17, 15) is 23.2 Å². The van der Waals surface area contributed by atoms with Gasteiger partial charge in [0.2, 0.25) is 5.41 Å². The van der Waals surface area contributed by atoms with E-state index in [0.717, 1.165) is 38.1 Å². The molecule has 2 N–H and O–H groups in total. The second-order valence-electron chi connectivity index (χ2n) is 3.73. The molecule has 0 aliphatic rings. The predicted molar refractivity (Wildman–Crippen MR) is 60.4 cm³/mol. The molecule has 0 atom stereocenters. The molecule has 19 heavy (non-hydrogen) atoms. The summed E-state index contributed by atoms with van der Waals surface area (Å²) in [6, 6.07) is 4.31. The fourth-order valence-electron chi connectivity index (χ4n) is 0.822. The molecule has 0 spiro atoms. The van der Waals surface area contributed by atoms with Gasteiger partial charge in [-0.15, -0.1) is 0 Å². The summed E-state index contributed by atoms with van der Waals surface area (Å²) in [7, 11) is 0. The van der Waals surface area contributed by atoms with Crippen molar-refractivity contribution in [1.29, 1.82) is 0 Å². The van der Waals surface area contributed by atoms with Crippen LogP contribution in [0.5, 0.6) is 0 Å². The summed E-state index contributed by atoms with van der Waals surface area (Å²) in [5.41, 5.74) is -2.31. The number of Topliss-reactive ketones (excluding diaryl/α,β-unsaturated/α-hetero) is 1. The van der Waals surface area contributed by atoms with Gasteiger partial charge in [0.15, 0.2) is 5.78 Å². The first-order chi connectivity index (χ1) is 8.62. The maximum absolute atomic E-state index is 11.9. The Hall–Kier alpha value is -2.31. The predicted octanol–water partition coefficient (Wildman–Crippen LogP) is 1.72. The lowest BCUT2D eigenvalue weighted by Crippen LogP contribution is -2.42. The first-order valence-electron chi connectivity index (χ1n) is 5.01. The Kier molecular flexibility index (Phi) is 5.78. The van der Waals surface area contributed by atoms with Crippen molar-refractivity contribution in [3.8, 4) is 0 Å². The quantitative estimate of drug-likeness (QED) is 0.819. The first kappa shape index (κ1) is 16.7. The third-order valence-electron chi connectivity index (χ3n) is 2.36. The zero-order valence-electron chi connectivity index (χ0n) is 10.2. The van der Waals surface area contributed by atoms with Crippen LogP contribution in [0.4, 0.5) is 8.78 Å². The van der Waals surface area contributed by atoms with Gasteiger partial charge in [-0.25, -0.2) is 8.78 Å². The van der Waals surface area contributed by atoms with Gasteiger partial charge in [0, 0.05) is 0 Å². The molecular weight excluding hydrogens is 262 g/mol. The molecule has 0 heterocycles. The van der Waals surface area contributed by atoms with Crippen LogP contribution in [0.3, 0.4) is 0 Å². The van der Waals surface area contributed by atoms with E-state index in [1.165, 1.54) is 0 Å². The number of hydrogen-bond acceptors (Lipinski definition) is 3. The van der Waals surface area contributed by atoms with Crippen molar-refractivity contribution in [2.45, 2.75) is 13.8 Å². The van der Waals surface area contributed by atoms with Gasteiger partial charge >= 0.3 is 11.9 Å². The highest BCUT2D eigenvalue weighted by molar-refractivity contribution is 6.17. The molecule has 1 aromatic carbocycles. The van der Waals surface area contributed by atoms with Gasteiger partial charge in [-0.2, -0.15) is 0 Å². The zero-order chi connectivity index (χ0) is 15.2. The number of rotatable bonds is 3. The lowest BCUT2D eigenvalue weighted by molar-refractivity contribution is -0.166. The highest BCUT2D eigenvalue weighted by atomic mass is 19.1. The Bertz CT molecular complexity index is 424. The van der Waals surface area contributed by atoms with E-state index in [1.54, 1.807) is 0 Å². The summed E-state index contributed by atoms with van der Waals surface area (Å²) >= 11 is 0. The lowest BCUT2D eigenvalue weighted by atomic mass is 9.87. The molecule has 0 radical (unpaired) electrons. The van der Waals surface area contributed by atoms with Crippen LogP contribution in [0.1, 0.15) is 13.8 Å². The standard InChI is InChI=1S/C6H4F2.C6H8O5/c7-5-1-2-6(8)4-3-5;1-3(7)6(2,4(8)9)5(10)11/h1-4H;1-2H3,(H,8,9)(H,10,11). The summed E-state index contributed by atoms with van der Waals surface area (Å²) in [6.07, 6.45) is 0. The number of halogens is 2. The van der Waals surface area contributed by atoms with Crippen LogP contribution in [0.2, 0.25) is 0 Å². The maximum Gasteiger partial charge on any atom is 0.328 e. The fraction of sp³-hybridized carbons (Fsp3) is 0.250. The van der Waals surface area contributed by atoms with Gasteiger partial charge in [0.1, 0.15) is 11.6 Å². The fourth-order valence-corrected chi connectivity index (χ4v) is 0.822. The van der Waals surface area contributed by atoms with Crippen molar-refractivity contribution < 1.29 is 33.4 Å². The molecule has 0 aliphatic heterocycles. The van der Waals surface area contributed by atoms with Crippen LogP contribution in [-0.4, -0.2) is 27.9 Å². The molecule has 0 bridgehead atoms. The molecule has 0 saturated carbocycles. The van der Waals surface area contributed by atoms with E-state index in [1.807, 2.05) is 0 Å². The SMILES string of the molecule is CC(=O)C(C)(C(=O)O)C(=O)O.Fc1ccc(F)cc1. The Morgan fingerprint density at radius 3 is 1.32 bits per heavy atom. The molecule has 104 valence electrons. The summed E-state index contributed by atoms with van der Waals surface area (Å²) in [6.45, 7) is 1.79. The van der Waals surface area contributed by atoms with Gasteiger partial charge in [0.05, 0.1) is 0 Å². The number of carboxylic acids is 2. The molecule has 0 fully saturated rings. The van der Waals surface area contributed by atoms with Crippen molar-refractivity contribution in [3.05, 3.63) is 35.9 Å². The smallest absolute Gasteiger partial charge is 0.328 e. The molecule has 5 nitrogen and oxygen atoms in total. The van der Waals surface area contributed by atoms with E-state index in [0.29, 0.717) is 0 Å². The Morgan fingerprint density at radius 1 is 0.947 bits per heavy atom. The number of benzene rings is 1. The molecular formula is C12H12F2O5. The van der Waals surface area contributed by atoms with Gasteiger partial charge in [-0.1, -0.05) is 0 Å². The molecule has 7 heteroatoms. The highest BCUT2D eigenvalue weighted by Crippen LogP contribution is 2.17. The zero-order valence-corrected chi connectivity index (χ0v) is 10.2. The molecule has 0 amide bonds. The summed E-state index contributed by atoms with van der Waals surface area (Å²) in [4.78, 5) is 31.2. The third-order valence-corrected chi connectivity index (χ3v) is 2.36. The average Bonchev–Trinajstić information content (AvgIpc) is 2.31. The molecule has 1 aromatic rings. The van der Waals surface area contributed by atoms with Crippen LogP contribution in [0.15, 0.2) is 24.3 Å². The molecule has 0 saturated heterocycles. The topological polar surface area (TPSA) is 91.7 Å². The third kappa shape index (κ3) is 4.46. The Morgan fingerprint density at radius 2 is 1.21 bits per heavy atom. The minimum absolute atomic E-state index is 0.411. The minimum atomic E-state index is -2.31. The molecule has 0 unspecified atom stereocenters. The Labute approximate surface area is 107 Å². The van der Waals surface area contributed by atoms with E-state index in [-0.39, 0.29) is 0 Å². The number of aliphatic carboxylic acids is 2. The molecule has 0 aliphatic carbocycles. The van der Waals surface area contributed by atoms with Crippen LogP contribution < -0.4 is 0 Å². The summed E-state index contributed by atoms with van der Waals surface area (Å²) in [5.74, 6) is -5.00. The number of carboxylic acid groups (broad SMARTS) is 2. The van der Waals surface area contributed by atoms with Gasteiger partial charge in [-0.05, 0) is 38.1 Å². The molecule has 1 rings (SSSR count). The van der Waals surface area contributed by atoms with E-state index in [4.69, 9.17) is 10.2 Å². The Balaban J connectivity index is 0.000000356. The number of carbonyl (C=O) groups excluding carboxylic acids is 1. The van der Waals surface area contributed by atoms with Crippen molar-refractivity contribution in [1.82, 2.24) is 0 Å². The van der Waals surface area contributed by atoms with Gasteiger partial charge < -0.3 is 10.2 Å². The monoisotopic (exact) mass is 274 g/mol. The summed E-state index contributed by atoms with van der Waals surface area (Å²) < 4.78 is 23.8. The minimum Gasteiger partial charge on any atom is -0.480 e. The van der Waals surface area contributed by atoms with Crippen LogP contribution in [0.25, 0.3) is 0 Å². The van der Waals surface area contributed by atoms with Gasteiger partial charge in [-0.3, -0.25) is 14.4 Å². The van der Waals surface area contributed by atoms with Crippen molar-refractivity contribution in [2.75, 3.05) is 0 Å². The van der Waals surface area contributed by atoms with E-state index < -0.39 is 34.8 Å². The van der Waals surface area contributed by atoms with Crippen molar-refractivity contribution in [3.63, 3.8) is 0 Å². The summed E-state index contributed by atoms with van der Waals surface area (Å²) in [5, 5.41) is 16.7. The maximum atomic E-state index is 11.9. The number of carbonyl (C=O) groups is 3. The number of hydrogen-bond donors (Lipinski definition) is 2. The van der Waals surface area contributed by atoms with Crippen molar-refractivity contribution in [2.24, 2.45) is 5.41 Å². The largest absolute Gasteiger partial charge is 0.480 e.